The zero-order valence-corrected chi connectivity index (χ0v) is 10.9. The van der Waals surface area contributed by atoms with Crippen molar-refractivity contribution >= 4 is 17.3 Å². The molecule has 0 aliphatic carbocycles. The molecule has 0 bridgehead atoms. The second kappa shape index (κ2) is 7.20. The Bertz CT molecular complexity index is 462. The zero-order chi connectivity index (χ0) is 14.3. The van der Waals surface area contributed by atoms with Crippen molar-refractivity contribution in [3.8, 4) is 5.75 Å². The number of carbonyl (C=O) groups excluding carboxylic acids is 1. The molecule has 1 rings (SSSR count). The lowest BCUT2D eigenvalue weighted by atomic mass is 10.2. The van der Waals surface area contributed by atoms with Crippen LogP contribution in [0.4, 0.5) is 11.4 Å². The fourth-order valence-electron chi connectivity index (χ4n) is 1.36. The van der Waals surface area contributed by atoms with Gasteiger partial charge >= 0.3 is 0 Å². The first-order valence-electron chi connectivity index (χ1n) is 5.93. The van der Waals surface area contributed by atoms with Crippen LogP contribution in [0.25, 0.3) is 0 Å². The molecule has 0 heterocycles. The number of likely N-dealkylation sites (N-methyl/N-ethyl adjacent to an activating group) is 1. The van der Waals surface area contributed by atoms with Gasteiger partial charge in [0.15, 0.2) is 0 Å². The quantitative estimate of drug-likeness (QED) is 0.577. The predicted octanol–water partition coefficient (Wildman–Crippen LogP) is 1.54. The van der Waals surface area contributed by atoms with Crippen LogP contribution in [-0.2, 0) is 4.79 Å². The van der Waals surface area contributed by atoms with Crippen molar-refractivity contribution in [1.82, 2.24) is 5.32 Å². The summed E-state index contributed by atoms with van der Waals surface area (Å²) in [7, 11) is 1.52. The van der Waals surface area contributed by atoms with E-state index in [1.54, 1.807) is 6.07 Å². The van der Waals surface area contributed by atoms with Gasteiger partial charge in [-0.3, -0.25) is 14.9 Å². The fraction of sp³-hybridized carbons (Fsp3) is 0.417. The van der Waals surface area contributed by atoms with Crippen molar-refractivity contribution in [2.75, 3.05) is 25.5 Å². The van der Waals surface area contributed by atoms with Gasteiger partial charge in [0, 0.05) is 24.9 Å². The van der Waals surface area contributed by atoms with Crippen LogP contribution < -0.4 is 15.4 Å². The van der Waals surface area contributed by atoms with Crippen molar-refractivity contribution in [2.45, 2.75) is 13.3 Å². The van der Waals surface area contributed by atoms with Gasteiger partial charge in [0.2, 0.25) is 5.91 Å². The Morgan fingerprint density at radius 3 is 2.74 bits per heavy atom. The molecule has 104 valence electrons. The van der Waals surface area contributed by atoms with Crippen LogP contribution >= 0.6 is 0 Å². The number of non-ortho nitro benzene ring substituents is 1. The highest BCUT2D eigenvalue weighted by atomic mass is 16.6. The summed E-state index contributed by atoms with van der Waals surface area (Å²) in [4.78, 5) is 21.4. The first-order valence-corrected chi connectivity index (χ1v) is 5.93. The van der Waals surface area contributed by atoms with Crippen molar-refractivity contribution in [1.29, 1.82) is 0 Å². The number of nitrogens with zero attached hydrogens (tertiary/aromatic N) is 1. The third-order valence-corrected chi connectivity index (χ3v) is 2.31. The van der Waals surface area contributed by atoms with Crippen molar-refractivity contribution in [2.24, 2.45) is 0 Å². The number of hydrogen-bond donors (Lipinski definition) is 2. The molecule has 1 aromatic rings. The second-order valence-corrected chi connectivity index (χ2v) is 3.85. The molecule has 0 aromatic heterocycles. The van der Waals surface area contributed by atoms with E-state index >= 15 is 0 Å². The van der Waals surface area contributed by atoms with Crippen molar-refractivity contribution in [3.63, 3.8) is 0 Å². The van der Waals surface area contributed by atoms with Gasteiger partial charge < -0.3 is 15.4 Å². The van der Waals surface area contributed by atoms with E-state index in [2.05, 4.69) is 10.6 Å². The Hall–Kier alpha value is -2.31. The monoisotopic (exact) mass is 267 g/mol. The fourth-order valence-corrected chi connectivity index (χ4v) is 1.36. The molecule has 1 amide bonds. The zero-order valence-electron chi connectivity index (χ0n) is 10.9. The second-order valence-electron chi connectivity index (χ2n) is 3.85. The molecule has 0 radical (unpaired) electrons. The number of carbonyl (C=O) groups is 1. The van der Waals surface area contributed by atoms with E-state index in [4.69, 9.17) is 4.74 Å². The molecule has 0 fully saturated rings. The van der Waals surface area contributed by atoms with Gasteiger partial charge in [-0.2, -0.15) is 0 Å². The van der Waals surface area contributed by atoms with E-state index in [-0.39, 0.29) is 18.1 Å². The van der Waals surface area contributed by atoms with Gasteiger partial charge in [-0.1, -0.05) is 6.92 Å². The lowest BCUT2D eigenvalue weighted by Crippen LogP contribution is -2.26. The molecular weight excluding hydrogens is 250 g/mol. The molecule has 0 saturated carbocycles. The number of benzene rings is 1. The minimum Gasteiger partial charge on any atom is -0.493 e. The number of ether oxygens (including phenoxy) is 1. The van der Waals surface area contributed by atoms with Gasteiger partial charge in [0.1, 0.15) is 5.75 Å². The minimum absolute atomic E-state index is 0.0465. The summed E-state index contributed by atoms with van der Waals surface area (Å²) in [5, 5.41) is 16.1. The maximum Gasteiger partial charge on any atom is 0.275 e. The summed E-state index contributed by atoms with van der Waals surface area (Å²) in [6, 6.07) is 4.36. The van der Waals surface area contributed by atoms with E-state index in [1.807, 2.05) is 6.92 Å². The van der Waals surface area contributed by atoms with Gasteiger partial charge in [-0.05, 0) is 6.42 Å². The standard InChI is InChI=1S/C12H17N3O4/c1-3-4-19-11-6-9(14-8-12(16)13-2)5-10(7-11)15(17)18/h5-7,14H,3-4,8H2,1-2H3,(H,13,16). The molecule has 0 atom stereocenters. The first-order chi connectivity index (χ1) is 9.06. The summed E-state index contributed by atoms with van der Waals surface area (Å²) < 4.78 is 5.37. The number of rotatable bonds is 7. The van der Waals surface area contributed by atoms with Crippen LogP contribution in [-0.4, -0.2) is 31.0 Å². The van der Waals surface area contributed by atoms with Gasteiger partial charge in [-0.15, -0.1) is 0 Å². The molecule has 19 heavy (non-hydrogen) atoms. The lowest BCUT2D eigenvalue weighted by Gasteiger charge is -2.09. The predicted molar refractivity (Wildman–Crippen MR) is 71.4 cm³/mol. The van der Waals surface area contributed by atoms with Crippen LogP contribution in [0.5, 0.6) is 5.75 Å². The topological polar surface area (TPSA) is 93.5 Å². The van der Waals surface area contributed by atoms with E-state index < -0.39 is 4.92 Å². The number of nitrogens with one attached hydrogen (secondary N) is 2. The third-order valence-electron chi connectivity index (χ3n) is 2.31. The molecule has 0 unspecified atom stereocenters. The highest BCUT2D eigenvalue weighted by Gasteiger charge is 2.11. The number of amides is 1. The summed E-state index contributed by atoms with van der Waals surface area (Å²) in [5.41, 5.74) is 0.400. The molecule has 0 aliphatic heterocycles. The number of nitro benzene ring substituents is 1. The molecule has 0 saturated heterocycles. The van der Waals surface area contributed by atoms with Crippen LogP contribution in [0.15, 0.2) is 18.2 Å². The minimum atomic E-state index is -0.496. The Morgan fingerprint density at radius 1 is 1.42 bits per heavy atom. The number of anilines is 1. The summed E-state index contributed by atoms with van der Waals surface area (Å²) >= 11 is 0. The Kier molecular flexibility index (Phi) is 5.59. The maximum atomic E-state index is 11.1. The largest absolute Gasteiger partial charge is 0.493 e. The maximum absolute atomic E-state index is 11.1. The van der Waals surface area contributed by atoms with Gasteiger partial charge in [-0.25, -0.2) is 0 Å². The van der Waals surface area contributed by atoms with E-state index in [0.29, 0.717) is 18.0 Å². The molecule has 0 spiro atoms. The van der Waals surface area contributed by atoms with E-state index in [9.17, 15) is 14.9 Å². The Morgan fingerprint density at radius 2 is 2.16 bits per heavy atom. The number of hydrogen-bond acceptors (Lipinski definition) is 5. The SMILES string of the molecule is CCCOc1cc(NCC(=O)NC)cc([N+](=O)[O-])c1. The summed E-state index contributed by atoms with van der Waals surface area (Å²) in [6.07, 6.45) is 0.809. The van der Waals surface area contributed by atoms with E-state index in [0.717, 1.165) is 6.42 Å². The smallest absolute Gasteiger partial charge is 0.275 e. The van der Waals surface area contributed by atoms with Crippen molar-refractivity contribution in [3.05, 3.63) is 28.3 Å². The first kappa shape index (κ1) is 14.7. The molecule has 1 aromatic carbocycles. The molecule has 0 aliphatic rings. The molecular formula is C12H17N3O4. The Labute approximate surface area is 111 Å². The summed E-state index contributed by atoms with van der Waals surface area (Å²) in [6.45, 7) is 2.48. The highest BCUT2D eigenvalue weighted by molar-refractivity contribution is 5.80. The average Bonchev–Trinajstić information content (AvgIpc) is 2.42. The van der Waals surface area contributed by atoms with Gasteiger partial charge in [0.05, 0.1) is 24.1 Å². The van der Waals surface area contributed by atoms with Crippen LogP contribution in [0.1, 0.15) is 13.3 Å². The van der Waals surface area contributed by atoms with Crippen molar-refractivity contribution < 1.29 is 14.5 Å². The van der Waals surface area contributed by atoms with Crippen LogP contribution in [0.3, 0.4) is 0 Å². The van der Waals surface area contributed by atoms with E-state index in [1.165, 1.54) is 19.2 Å². The molecule has 7 heteroatoms. The average molecular weight is 267 g/mol. The van der Waals surface area contributed by atoms with Crippen LogP contribution in [0, 0.1) is 10.1 Å². The summed E-state index contributed by atoms with van der Waals surface area (Å²) in [5.74, 6) is 0.206. The molecule has 7 nitrogen and oxygen atoms in total. The number of nitro groups is 1. The Balaban J connectivity index is 2.86. The van der Waals surface area contributed by atoms with Gasteiger partial charge in [0.25, 0.3) is 5.69 Å². The van der Waals surface area contributed by atoms with Crippen LogP contribution in [0.2, 0.25) is 0 Å². The molecule has 2 N–H and O–H groups in total. The normalized spacial score (nSPS) is 9.79. The lowest BCUT2D eigenvalue weighted by molar-refractivity contribution is -0.384. The highest BCUT2D eigenvalue weighted by Crippen LogP contribution is 2.26. The third kappa shape index (κ3) is 4.82.